The third-order valence-electron chi connectivity index (χ3n) is 4.35. The third kappa shape index (κ3) is 15.6. The van der Waals surface area contributed by atoms with Gasteiger partial charge in [0.05, 0.1) is 0 Å². The zero-order valence-electron chi connectivity index (χ0n) is 15.2. The molecule has 0 saturated carbocycles. The molecule has 0 aromatic rings. The lowest BCUT2D eigenvalue weighted by molar-refractivity contribution is -0.138. The van der Waals surface area contributed by atoms with Crippen molar-refractivity contribution in [3.8, 4) is 0 Å². The Bertz CT molecular complexity index is 305. The largest absolute Gasteiger partial charge is 0.480 e. The molecule has 0 bridgehead atoms. The maximum Gasteiger partial charge on any atom is 0.322 e. The summed E-state index contributed by atoms with van der Waals surface area (Å²) in [6, 6.07) is 0. The van der Waals surface area contributed by atoms with Crippen LogP contribution in [0.25, 0.3) is 0 Å². The highest BCUT2D eigenvalue weighted by atomic mass is 16.4. The Morgan fingerprint density at radius 1 is 0.826 bits per heavy atom. The lowest BCUT2D eigenvalue weighted by Crippen LogP contribution is -2.33. The van der Waals surface area contributed by atoms with Crippen LogP contribution in [-0.4, -0.2) is 23.5 Å². The van der Waals surface area contributed by atoms with Gasteiger partial charge in [-0.05, 0) is 6.42 Å². The van der Waals surface area contributed by atoms with Crippen LogP contribution in [0, 0.1) is 5.92 Å². The van der Waals surface area contributed by atoms with Gasteiger partial charge in [0.25, 0.3) is 0 Å². The third-order valence-corrected chi connectivity index (χ3v) is 4.35. The molecule has 0 aliphatic carbocycles. The first-order valence-corrected chi connectivity index (χ1v) is 9.57. The van der Waals surface area contributed by atoms with Crippen LogP contribution in [0.4, 0.5) is 0 Å². The molecule has 0 aliphatic heterocycles. The van der Waals surface area contributed by atoms with Crippen LogP contribution in [0.3, 0.4) is 0 Å². The number of carbonyl (C=O) groups excluding carboxylic acids is 1. The van der Waals surface area contributed by atoms with E-state index in [1.807, 2.05) is 6.92 Å². The molecular weight excluding hydrogens is 290 g/mol. The molecule has 0 fully saturated rings. The van der Waals surface area contributed by atoms with Crippen LogP contribution >= 0.6 is 0 Å². The predicted octanol–water partition coefficient (Wildman–Crippen LogP) is 4.91. The van der Waals surface area contributed by atoms with Gasteiger partial charge in [-0.2, -0.15) is 0 Å². The molecule has 1 atom stereocenters. The summed E-state index contributed by atoms with van der Waals surface area (Å²) in [5.74, 6) is -1.22. The average Bonchev–Trinajstić information content (AvgIpc) is 2.53. The zero-order valence-corrected chi connectivity index (χ0v) is 15.2. The van der Waals surface area contributed by atoms with Gasteiger partial charge in [0, 0.05) is 5.92 Å². The number of carbonyl (C=O) groups is 2. The van der Waals surface area contributed by atoms with Gasteiger partial charge in [-0.15, -0.1) is 0 Å². The van der Waals surface area contributed by atoms with E-state index in [1.54, 1.807) is 0 Å². The van der Waals surface area contributed by atoms with Crippen LogP contribution in [-0.2, 0) is 9.59 Å². The summed E-state index contributed by atoms with van der Waals surface area (Å²) in [5.41, 5.74) is 0. The van der Waals surface area contributed by atoms with E-state index in [2.05, 4.69) is 12.2 Å². The molecule has 0 aromatic heterocycles. The molecule has 1 unspecified atom stereocenters. The number of carboxylic acid groups (broad SMARTS) is 1. The van der Waals surface area contributed by atoms with Crippen molar-refractivity contribution < 1.29 is 14.7 Å². The van der Waals surface area contributed by atoms with Gasteiger partial charge in [-0.1, -0.05) is 90.9 Å². The number of hydrogen-bond acceptors (Lipinski definition) is 2. The van der Waals surface area contributed by atoms with Crippen molar-refractivity contribution in [1.82, 2.24) is 5.32 Å². The fraction of sp³-hybridized carbons (Fsp3) is 0.895. The Kier molecular flexibility index (Phi) is 15.1. The fourth-order valence-electron chi connectivity index (χ4n) is 2.76. The fourth-order valence-corrected chi connectivity index (χ4v) is 2.76. The van der Waals surface area contributed by atoms with Crippen molar-refractivity contribution in [3.63, 3.8) is 0 Å². The van der Waals surface area contributed by atoms with E-state index in [0.29, 0.717) is 0 Å². The predicted molar refractivity (Wildman–Crippen MR) is 95.5 cm³/mol. The van der Waals surface area contributed by atoms with E-state index in [1.165, 1.54) is 70.6 Å². The van der Waals surface area contributed by atoms with E-state index in [-0.39, 0.29) is 18.4 Å². The van der Waals surface area contributed by atoms with Crippen molar-refractivity contribution in [1.29, 1.82) is 0 Å². The van der Waals surface area contributed by atoms with Crippen molar-refractivity contribution in [2.24, 2.45) is 5.92 Å². The summed E-state index contributed by atoms with van der Waals surface area (Å²) in [6.07, 6.45) is 16.6. The molecule has 4 heteroatoms. The molecule has 23 heavy (non-hydrogen) atoms. The smallest absolute Gasteiger partial charge is 0.322 e. The second-order valence-corrected chi connectivity index (χ2v) is 6.69. The van der Waals surface area contributed by atoms with Crippen LogP contribution in [0.15, 0.2) is 0 Å². The Hall–Kier alpha value is -1.06. The number of carboxylic acids is 1. The van der Waals surface area contributed by atoms with E-state index < -0.39 is 5.97 Å². The first-order chi connectivity index (χ1) is 11.1. The topological polar surface area (TPSA) is 66.4 Å². The molecule has 0 saturated heterocycles. The molecule has 4 nitrogen and oxygen atoms in total. The van der Waals surface area contributed by atoms with Gasteiger partial charge < -0.3 is 10.4 Å². The molecule has 136 valence electrons. The summed E-state index contributed by atoms with van der Waals surface area (Å²) in [7, 11) is 0. The Labute approximate surface area is 142 Å². The summed E-state index contributed by atoms with van der Waals surface area (Å²) in [4.78, 5) is 22.0. The molecule has 0 aromatic carbocycles. The van der Waals surface area contributed by atoms with E-state index in [9.17, 15) is 9.59 Å². The molecule has 0 rings (SSSR count). The summed E-state index contributed by atoms with van der Waals surface area (Å²) >= 11 is 0. The molecule has 0 spiro atoms. The molecule has 1 amide bonds. The average molecular weight is 328 g/mol. The number of rotatable bonds is 16. The monoisotopic (exact) mass is 327 g/mol. The zero-order chi connectivity index (χ0) is 17.3. The van der Waals surface area contributed by atoms with Gasteiger partial charge in [-0.25, -0.2) is 0 Å². The van der Waals surface area contributed by atoms with Crippen LogP contribution in [0.2, 0.25) is 0 Å². The number of nitrogens with one attached hydrogen (secondary N) is 1. The molecule has 2 N–H and O–H groups in total. The van der Waals surface area contributed by atoms with Gasteiger partial charge in [0.15, 0.2) is 0 Å². The summed E-state index contributed by atoms with van der Waals surface area (Å²) < 4.78 is 0. The van der Waals surface area contributed by atoms with E-state index in [4.69, 9.17) is 5.11 Å². The molecular formula is C19H37NO3. The van der Waals surface area contributed by atoms with Gasteiger partial charge >= 0.3 is 5.97 Å². The lowest BCUT2D eigenvalue weighted by atomic mass is 10.0. The quantitative estimate of drug-likeness (QED) is 0.396. The standard InChI is InChI=1S/C19H37NO3/c1-3-4-5-6-7-8-9-10-11-12-13-14-15-17(2)19(23)20-16-18(21)22/h17H,3-16H2,1-2H3,(H,20,23)(H,21,22). The van der Waals surface area contributed by atoms with Crippen molar-refractivity contribution >= 4 is 11.9 Å². The van der Waals surface area contributed by atoms with Gasteiger partial charge in [-0.3, -0.25) is 9.59 Å². The minimum Gasteiger partial charge on any atom is -0.480 e. The maximum atomic E-state index is 11.6. The van der Waals surface area contributed by atoms with E-state index >= 15 is 0 Å². The SMILES string of the molecule is CCCCCCCCCCCCCCC(C)C(=O)NCC(=O)O. The Morgan fingerprint density at radius 2 is 1.26 bits per heavy atom. The number of amides is 1. The first-order valence-electron chi connectivity index (χ1n) is 9.57. The van der Waals surface area contributed by atoms with Crippen molar-refractivity contribution in [2.45, 2.75) is 97.3 Å². The molecule has 0 aliphatic rings. The normalized spacial score (nSPS) is 12.1. The Morgan fingerprint density at radius 3 is 1.70 bits per heavy atom. The highest BCUT2D eigenvalue weighted by Crippen LogP contribution is 2.14. The van der Waals surface area contributed by atoms with Crippen molar-refractivity contribution in [2.75, 3.05) is 6.54 Å². The second kappa shape index (κ2) is 15.8. The summed E-state index contributed by atoms with van der Waals surface area (Å²) in [6.45, 7) is 3.85. The minimum absolute atomic E-state index is 0.0857. The first kappa shape index (κ1) is 21.9. The van der Waals surface area contributed by atoms with Crippen LogP contribution in [0.1, 0.15) is 97.3 Å². The minimum atomic E-state index is -0.990. The Balaban J connectivity index is 3.29. The second-order valence-electron chi connectivity index (χ2n) is 6.69. The highest BCUT2D eigenvalue weighted by Gasteiger charge is 2.12. The van der Waals surface area contributed by atoms with Crippen LogP contribution in [0.5, 0.6) is 0 Å². The number of hydrogen-bond donors (Lipinski definition) is 2. The number of aliphatic carboxylic acids is 1. The molecule has 0 radical (unpaired) electrons. The van der Waals surface area contributed by atoms with Gasteiger partial charge in [0.1, 0.15) is 6.54 Å². The highest BCUT2D eigenvalue weighted by molar-refractivity contribution is 5.82. The lowest BCUT2D eigenvalue weighted by Gasteiger charge is -2.10. The van der Waals surface area contributed by atoms with E-state index in [0.717, 1.165) is 12.8 Å². The summed E-state index contributed by atoms with van der Waals surface area (Å²) in [5, 5.41) is 11.0. The molecule has 0 heterocycles. The van der Waals surface area contributed by atoms with Crippen LogP contribution < -0.4 is 5.32 Å². The maximum absolute atomic E-state index is 11.6. The van der Waals surface area contributed by atoms with Crippen molar-refractivity contribution in [3.05, 3.63) is 0 Å². The van der Waals surface area contributed by atoms with Gasteiger partial charge in [0.2, 0.25) is 5.91 Å². The number of unbranched alkanes of at least 4 members (excludes halogenated alkanes) is 11.